The van der Waals surface area contributed by atoms with Gasteiger partial charge < -0.3 is 15.6 Å². The molecule has 1 aromatic carbocycles. The second-order valence-electron chi connectivity index (χ2n) is 4.76. The fourth-order valence-electron chi connectivity index (χ4n) is 1.97. The molecule has 0 spiro atoms. The maximum Gasteiger partial charge on any atom is 0.328 e. The van der Waals surface area contributed by atoms with E-state index in [1.54, 1.807) is 12.1 Å². The normalized spacial score (nSPS) is 10.0. The van der Waals surface area contributed by atoms with Crippen molar-refractivity contribution in [3.63, 3.8) is 0 Å². The predicted octanol–water partition coefficient (Wildman–Crippen LogP) is 0.857. The number of aromatic amines is 1. The summed E-state index contributed by atoms with van der Waals surface area (Å²) in [5.41, 5.74) is 0.237. The molecule has 0 saturated heterocycles. The van der Waals surface area contributed by atoms with Crippen LogP contribution in [0.1, 0.15) is 22.8 Å². The van der Waals surface area contributed by atoms with Gasteiger partial charge in [-0.3, -0.25) is 14.2 Å². The number of nitrogens with zero attached hydrogens (tertiary/aromatic N) is 1. The van der Waals surface area contributed by atoms with E-state index >= 15 is 0 Å². The third-order valence-electron chi connectivity index (χ3n) is 3.26. The molecule has 7 nitrogen and oxygen atoms in total. The highest BCUT2D eigenvalue weighted by Crippen LogP contribution is 2.15. The van der Waals surface area contributed by atoms with Gasteiger partial charge in [0, 0.05) is 25.5 Å². The molecular formula is C15H19ClN4O3. The third-order valence-corrected chi connectivity index (χ3v) is 3.26. The first kappa shape index (κ1) is 18.7. The van der Waals surface area contributed by atoms with Crippen LogP contribution in [0.4, 0.5) is 5.69 Å². The van der Waals surface area contributed by atoms with E-state index in [0.717, 1.165) is 22.9 Å². The molecule has 1 amide bonds. The molecule has 0 aliphatic carbocycles. The van der Waals surface area contributed by atoms with Crippen molar-refractivity contribution in [1.82, 2.24) is 14.9 Å². The average molecular weight is 339 g/mol. The molecule has 0 saturated carbocycles. The quantitative estimate of drug-likeness (QED) is 0.753. The molecule has 124 valence electrons. The van der Waals surface area contributed by atoms with Gasteiger partial charge in [-0.05, 0) is 18.2 Å². The maximum absolute atomic E-state index is 12.3. The second kappa shape index (κ2) is 8.30. The molecule has 8 heteroatoms. The molecule has 0 radical (unpaired) electrons. The summed E-state index contributed by atoms with van der Waals surface area (Å²) >= 11 is 0. The highest BCUT2D eigenvalue weighted by Gasteiger charge is 2.14. The molecule has 1 aromatic heterocycles. The molecule has 0 atom stereocenters. The number of carbonyl (C=O) groups is 1. The van der Waals surface area contributed by atoms with Gasteiger partial charge in [-0.15, -0.1) is 12.4 Å². The first-order chi connectivity index (χ1) is 10.5. The van der Waals surface area contributed by atoms with E-state index in [9.17, 15) is 14.4 Å². The van der Waals surface area contributed by atoms with Crippen molar-refractivity contribution in [2.75, 3.05) is 11.9 Å². The standard InChI is InChI=1S/C15H18N4O3.ClH/c1-3-16-8-10-6-4-5-7-12(10)18-13(20)11-9-17-15(22)19(2)14(11)21;/h4-7,9,16H,3,8H2,1-2H3,(H,17,22)(H,18,20);1H. The lowest BCUT2D eigenvalue weighted by Gasteiger charge is -2.11. The SMILES string of the molecule is CCNCc1ccccc1NC(=O)c1c[nH]c(=O)n(C)c1=O.Cl. The molecular weight excluding hydrogens is 320 g/mol. The number of benzene rings is 1. The summed E-state index contributed by atoms with van der Waals surface area (Å²) in [4.78, 5) is 37.9. The van der Waals surface area contributed by atoms with Crippen LogP contribution in [0.25, 0.3) is 0 Å². The minimum absolute atomic E-state index is 0. The lowest BCUT2D eigenvalue weighted by Crippen LogP contribution is -2.37. The van der Waals surface area contributed by atoms with Crippen LogP contribution in [0.3, 0.4) is 0 Å². The van der Waals surface area contributed by atoms with Crippen LogP contribution in [0.15, 0.2) is 40.1 Å². The molecule has 0 bridgehead atoms. The van der Waals surface area contributed by atoms with Crippen LogP contribution < -0.4 is 21.9 Å². The summed E-state index contributed by atoms with van der Waals surface area (Å²) < 4.78 is 0.861. The fraction of sp³-hybridized carbons (Fsp3) is 0.267. The van der Waals surface area contributed by atoms with Crippen molar-refractivity contribution >= 4 is 24.0 Å². The van der Waals surface area contributed by atoms with Crippen LogP contribution in [0, 0.1) is 0 Å². The first-order valence-corrected chi connectivity index (χ1v) is 6.93. The fourth-order valence-corrected chi connectivity index (χ4v) is 1.97. The molecule has 23 heavy (non-hydrogen) atoms. The Kier molecular flexibility index (Phi) is 6.74. The number of halogens is 1. The van der Waals surface area contributed by atoms with Crippen LogP contribution in [0.2, 0.25) is 0 Å². The van der Waals surface area contributed by atoms with Gasteiger partial charge in [0.05, 0.1) is 0 Å². The lowest BCUT2D eigenvalue weighted by molar-refractivity contribution is 0.102. The number of para-hydroxylation sites is 1. The van der Waals surface area contributed by atoms with Crippen molar-refractivity contribution < 1.29 is 4.79 Å². The van der Waals surface area contributed by atoms with Gasteiger partial charge in [0.2, 0.25) is 0 Å². The highest BCUT2D eigenvalue weighted by molar-refractivity contribution is 6.04. The number of aromatic nitrogens is 2. The van der Waals surface area contributed by atoms with Gasteiger partial charge in [0.25, 0.3) is 11.5 Å². The zero-order valence-corrected chi connectivity index (χ0v) is 13.7. The maximum atomic E-state index is 12.3. The minimum Gasteiger partial charge on any atom is -0.321 e. The van der Waals surface area contributed by atoms with Gasteiger partial charge in [0.1, 0.15) is 5.56 Å². The van der Waals surface area contributed by atoms with Crippen molar-refractivity contribution in [3.05, 3.63) is 62.4 Å². The van der Waals surface area contributed by atoms with Crippen LogP contribution in [0.5, 0.6) is 0 Å². The Morgan fingerprint density at radius 1 is 1.26 bits per heavy atom. The van der Waals surface area contributed by atoms with Gasteiger partial charge in [-0.2, -0.15) is 0 Å². The Labute approximate surface area is 139 Å². The van der Waals surface area contributed by atoms with Crippen molar-refractivity contribution in [1.29, 1.82) is 0 Å². The Hall–Kier alpha value is -2.38. The van der Waals surface area contributed by atoms with Gasteiger partial charge in [0.15, 0.2) is 0 Å². The van der Waals surface area contributed by atoms with E-state index < -0.39 is 17.2 Å². The monoisotopic (exact) mass is 338 g/mol. The van der Waals surface area contributed by atoms with Crippen molar-refractivity contribution in [2.24, 2.45) is 7.05 Å². The summed E-state index contributed by atoms with van der Waals surface area (Å²) in [5.74, 6) is -0.555. The van der Waals surface area contributed by atoms with E-state index in [2.05, 4.69) is 15.6 Å². The second-order valence-corrected chi connectivity index (χ2v) is 4.76. The van der Waals surface area contributed by atoms with Crippen LogP contribution >= 0.6 is 12.4 Å². The van der Waals surface area contributed by atoms with E-state index in [4.69, 9.17) is 0 Å². The molecule has 1 heterocycles. The molecule has 0 aliphatic rings. The van der Waals surface area contributed by atoms with Crippen LogP contribution in [-0.4, -0.2) is 22.0 Å². The third kappa shape index (κ3) is 4.30. The zero-order chi connectivity index (χ0) is 16.1. The van der Waals surface area contributed by atoms with E-state index in [-0.39, 0.29) is 18.0 Å². The summed E-state index contributed by atoms with van der Waals surface area (Å²) in [6, 6.07) is 7.33. The number of amides is 1. The van der Waals surface area contributed by atoms with Gasteiger partial charge in [-0.25, -0.2) is 4.79 Å². The van der Waals surface area contributed by atoms with E-state index in [1.165, 1.54) is 7.05 Å². The largest absolute Gasteiger partial charge is 0.328 e. The van der Waals surface area contributed by atoms with Gasteiger partial charge >= 0.3 is 5.69 Å². The summed E-state index contributed by atoms with van der Waals surface area (Å²) in [7, 11) is 1.32. The Morgan fingerprint density at radius 3 is 2.65 bits per heavy atom. The van der Waals surface area contributed by atoms with E-state index in [0.29, 0.717) is 12.2 Å². The molecule has 3 N–H and O–H groups in total. The number of H-pyrrole nitrogens is 1. The van der Waals surface area contributed by atoms with Crippen molar-refractivity contribution in [3.8, 4) is 0 Å². The number of rotatable bonds is 5. The summed E-state index contributed by atoms with van der Waals surface area (Å²) in [5, 5.41) is 5.89. The summed E-state index contributed by atoms with van der Waals surface area (Å²) in [6.07, 6.45) is 1.13. The van der Waals surface area contributed by atoms with Crippen LogP contribution in [-0.2, 0) is 13.6 Å². The zero-order valence-electron chi connectivity index (χ0n) is 12.9. The molecule has 0 aliphatic heterocycles. The Balaban J connectivity index is 0.00000264. The number of anilines is 1. The van der Waals surface area contributed by atoms with Gasteiger partial charge in [-0.1, -0.05) is 25.1 Å². The number of hydrogen-bond donors (Lipinski definition) is 3. The molecule has 2 aromatic rings. The summed E-state index contributed by atoms with van der Waals surface area (Å²) in [6.45, 7) is 3.41. The number of carbonyl (C=O) groups excluding carboxylic acids is 1. The Morgan fingerprint density at radius 2 is 1.96 bits per heavy atom. The number of hydrogen-bond acceptors (Lipinski definition) is 4. The highest BCUT2D eigenvalue weighted by atomic mass is 35.5. The first-order valence-electron chi connectivity index (χ1n) is 6.93. The van der Waals surface area contributed by atoms with E-state index in [1.807, 2.05) is 19.1 Å². The molecule has 0 unspecified atom stereocenters. The average Bonchev–Trinajstić information content (AvgIpc) is 2.52. The molecule has 2 rings (SSSR count). The smallest absolute Gasteiger partial charge is 0.321 e. The predicted molar refractivity (Wildman–Crippen MR) is 91.3 cm³/mol. The molecule has 0 fully saturated rings. The minimum atomic E-state index is -0.634. The number of nitrogens with one attached hydrogen (secondary N) is 3. The van der Waals surface area contributed by atoms with Crippen molar-refractivity contribution in [2.45, 2.75) is 13.5 Å². The lowest BCUT2D eigenvalue weighted by atomic mass is 10.1. The Bertz CT molecular complexity index is 798. The topological polar surface area (TPSA) is 96.0 Å².